The van der Waals surface area contributed by atoms with E-state index < -0.39 is 0 Å². The second-order valence-electron chi connectivity index (χ2n) is 6.46. The summed E-state index contributed by atoms with van der Waals surface area (Å²) in [4.78, 5) is 31.9. The molecule has 0 saturated heterocycles. The minimum Gasteiger partial charge on any atom is -0.351 e. The summed E-state index contributed by atoms with van der Waals surface area (Å²) in [5.74, 6) is 0.719. The Balaban J connectivity index is 1.79. The van der Waals surface area contributed by atoms with Crippen LogP contribution in [0.4, 0.5) is 0 Å². The van der Waals surface area contributed by atoms with Crippen molar-refractivity contribution in [1.29, 1.82) is 0 Å². The van der Waals surface area contributed by atoms with E-state index in [0.717, 1.165) is 51.3 Å². The van der Waals surface area contributed by atoms with Gasteiger partial charge in [-0.15, -0.1) is 0 Å². The number of carbonyl (C=O) groups is 1. The van der Waals surface area contributed by atoms with Crippen LogP contribution < -0.4 is 10.9 Å². The van der Waals surface area contributed by atoms with Gasteiger partial charge in [-0.05, 0) is 44.1 Å². The maximum absolute atomic E-state index is 12.6. The lowest BCUT2D eigenvalue weighted by molar-refractivity contribution is 0.0949. The number of benzene rings is 1. The molecular formula is C19H26N4O2. The van der Waals surface area contributed by atoms with Gasteiger partial charge in [-0.3, -0.25) is 14.2 Å². The number of nitrogens with zero attached hydrogens (tertiary/aromatic N) is 3. The quantitative estimate of drug-likeness (QED) is 0.869. The van der Waals surface area contributed by atoms with Crippen molar-refractivity contribution in [2.45, 2.75) is 39.7 Å². The molecule has 0 bridgehead atoms. The van der Waals surface area contributed by atoms with E-state index in [2.05, 4.69) is 29.0 Å². The molecule has 0 radical (unpaired) electrons. The lowest BCUT2D eigenvalue weighted by Crippen LogP contribution is -2.34. The number of likely N-dealkylation sites (N-methyl/N-ethyl adjacent to an activating group) is 1. The molecule has 6 heteroatoms. The number of amides is 1. The van der Waals surface area contributed by atoms with Gasteiger partial charge in [0.15, 0.2) is 0 Å². The highest BCUT2D eigenvalue weighted by atomic mass is 16.1. The molecule has 0 saturated carbocycles. The summed E-state index contributed by atoms with van der Waals surface area (Å²) < 4.78 is 1.77. The van der Waals surface area contributed by atoms with Crippen LogP contribution >= 0.6 is 0 Å². The van der Waals surface area contributed by atoms with Crippen molar-refractivity contribution in [1.82, 2.24) is 19.8 Å². The van der Waals surface area contributed by atoms with Crippen LogP contribution in [-0.2, 0) is 13.0 Å². The number of hydrogen-bond donors (Lipinski definition) is 1. The molecule has 1 aliphatic rings. The summed E-state index contributed by atoms with van der Waals surface area (Å²) in [5.41, 5.74) is 1.18. The third kappa shape index (κ3) is 3.74. The number of hydrogen-bond acceptors (Lipinski definition) is 4. The first-order chi connectivity index (χ1) is 12.1. The first-order valence-electron chi connectivity index (χ1n) is 9.18. The Morgan fingerprint density at radius 3 is 2.84 bits per heavy atom. The second-order valence-corrected chi connectivity index (χ2v) is 6.46. The first-order valence-corrected chi connectivity index (χ1v) is 9.18. The van der Waals surface area contributed by atoms with Crippen molar-refractivity contribution >= 4 is 16.8 Å². The van der Waals surface area contributed by atoms with Gasteiger partial charge in [-0.25, -0.2) is 4.98 Å². The van der Waals surface area contributed by atoms with Crippen molar-refractivity contribution in [3.05, 3.63) is 39.9 Å². The molecule has 3 rings (SSSR count). The average Bonchev–Trinajstić information content (AvgIpc) is 2.65. The number of carbonyl (C=O) groups excluding carboxylic acids is 1. The molecule has 25 heavy (non-hydrogen) atoms. The fourth-order valence-electron chi connectivity index (χ4n) is 3.35. The summed E-state index contributed by atoms with van der Waals surface area (Å²) in [6, 6.07) is 5.18. The smallest absolute Gasteiger partial charge is 0.261 e. The van der Waals surface area contributed by atoms with Crippen molar-refractivity contribution in [2.75, 3.05) is 26.2 Å². The van der Waals surface area contributed by atoms with Gasteiger partial charge >= 0.3 is 0 Å². The third-order valence-electron chi connectivity index (χ3n) is 4.94. The van der Waals surface area contributed by atoms with E-state index in [1.807, 2.05) is 0 Å². The lowest BCUT2D eigenvalue weighted by atomic mass is 10.1. The Bertz CT molecular complexity index is 824. The summed E-state index contributed by atoms with van der Waals surface area (Å²) in [6.07, 6.45) is 2.90. The molecule has 6 nitrogen and oxygen atoms in total. The van der Waals surface area contributed by atoms with Crippen LogP contribution in [-0.4, -0.2) is 46.5 Å². The van der Waals surface area contributed by atoms with E-state index in [4.69, 9.17) is 0 Å². The van der Waals surface area contributed by atoms with Gasteiger partial charge in [-0.2, -0.15) is 0 Å². The zero-order chi connectivity index (χ0) is 17.8. The molecule has 134 valence electrons. The van der Waals surface area contributed by atoms with E-state index in [1.54, 1.807) is 22.8 Å². The van der Waals surface area contributed by atoms with Gasteiger partial charge in [0.2, 0.25) is 0 Å². The molecule has 1 aromatic carbocycles. The summed E-state index contributed by atoms with van der Waals surface area (Å²) >= 11 is 0. The maximum atomic E-state index is 12.6. The van der Waals surface area contributed by atoms with Gasteiger partial charge in [0.1, 0.15) is 5.82 Å². The fraction of sp³-hybridized carbons (Fsp3) is 0.526. The SMILES string of the molecule is CCN(CC)CCNC(=O)c1ccc2c(=O)n3c(nc2c1)CCCC3. The molecule has 0 unspecified atom stereocenters. The average molecular weight is 342 g/mol. The van der Waals surface area contributed by atoms with E-state index in [-0.39, 0.29) is 11.5 Å². The standard InChI is InChI=1S/C19H26N4O2/c1-3-22(4-2)12-10-20-18(24)14-8-9-15-16(13-14)21-17-7-5-6-11-23(17)19(15)25/h8-9,13H,3-7,10-12H2,1-2H3,(H,20,24). The van der Waals surface area contributed by atoms with Crippen LogP contribution in [0.2, 0.25) is 0 Å². The predicted octanol–water partition coefficient (Wildman–Crippen LogP) is 1.80. The van der Waals surface area contributed by atoms with Gasteiger partial charge in [0.05, 0.1) is 10.9 Å². The van der Waals surface area contributed by atoms with Crippen LogP contribution in [0.25, 0.3) is 10.9 Å². The minimum absolute atomic E-state index is 0.00758. The minimum atomic E-state index is -0.117. The van der Waals surface area contributed by atoms with Crippen molar-refractivity contribution < 1.29 is 4.79 Å². The first kappa shape index (κ1) is 17.6. The fourth-order valence-corrected chi connectivity index (χ4v) is 3.35. The predicted molar refractivity (Wildman–Crippen MR) is 99.1 cm³/mol. The number of aryl methyl sites for hydroxylation is 1. The van der Waals surface area contributed by atoms with E-state index in [9.17, 15) is 9.59 Å². The summed E-state index contributed by atoms with van der Waals surface area (Å²) in [7, 11) is 0. The Labute approximate surface area is 147 Å². The van der Waals surface area contributed by atoms with Gasteiger partial charge in [0, 0.05) is 31.6 Å². The lowest BCUT2D eigenvalue weighted by Gasteiger charge is -2.18. The van der Waals surface area contributed by atoms with Gasteiger partial charge in [0.25, 0.3) is 11.5 Å². The molecule has 0 aliphatic carbocycles. The zero-order valence-electron chi connectivity index (χ0n) is 15.0. The van der Waals surface area contributed by atoms with Crippen molar-refractivity contribution in [3.8, 4) is 0 Å². The Morgan fingerprint density at radius 2 is 2.08 bits per heavy atom. The Hall–Kier alpha value is -2.21. The molecular weight excluding hydrogens is 316 g/mol. The number of aromatic nitrogens is 2. The Kier molecular flexibility index (Phi) is 5.48. The van der Waals surface area contributed by atoms with Crippen LogP contribution in [0, 0.1) is 0 Å². The van der Waals surface area contributed by atoms with Gasteiger partial charge in [-0.1, -0.05) is 13.8 Å². The molecule has 1 aliphatic heterocycles. The van der Waals surface area contributed by atoms with Crippen LogP contribution in [0.5, 0.6) is 0 Å². The van der Waals surface area contributed by atoms with E-state index >= 15 is 0 Å². The molecule has 1 amide bonds. The zero-order valence-corrected chi connectivity index (χ0v) is 15.0. The van der Waals surface area contributed by atoms with Crippen LogP contribution in [0.3, 0.4) is 0 Å². The van der Waals surface area contributed by atoms with E-state index in [1.165, 1.54) is 0 Å². The molecule has 0 atom stereocenters. The highest BCUT2D eigenvalue weighted by Gasteiger charge is 2.16. The number of fused-ring (bicyclic) bond motifs is 2. The van der Waals surface area contributed by atoms with Gasteiger partial charge < -0.3 is 10.2 Å². The normalized spacial score (nSPS) is 13.9. The van der Waals surface area contributed by atoms with Crippen molar-refractivity contribution in [3.63, 3.8) is 0 Å². The molecule has 0 spiro atoms. The number of rotatable bonds is 6. The molecule has 2 aromatic rings. The van der Waals surface area contributed by atoms with E-state index in [0.29, 0.717) is 23.0 Å². The highest BCUT2D eigenvalue weighted by Crippen LogP contribution is 2.16. The second kappa shape index (κ2) is 7.78. The molecule has 1 aromatic heterocycles. The maximum Gasteiger partial charge on any atom is 0.261 e. The largest absolute Gasteiger partial charge is 0.351 e. The topological polar surface area (TPSA) is 67.2 Å². The van der Waals surface area contributed by atoms with Crippen molar-refractivity contribution in [2.24, 2.45) is 0 Å². The molecule has 0 fully saturated rings. The van der Waals surface area contributed by atoms with Crippen LogP contribution in [0.1, 0.15) is 42.9 Å². The monoisotopic (exact) mass is 342 g/mol. The highest BCUT2D eigenvalue weighted by molar-refractivity contribution is 5.97. The molecule has 2 heterocycles. The number of nitrogens with one attached hydrogen (secondary N) is 1. The third-order valence-corrected chi connectivity index (χ3v) is 4.94. The van der Waals surface area contributed by atoms with Crippen LogP contribution in [0.15, 0.2) is 23.0 Å². The summed E-state index contributed by atoms with van der Waals surface area (Å²) in [5, 5.41) is 3.54. The Morgan fingerprint density at radius 1 is 1.28 bits per heavy atom. The molecule has 1 N–H and O–H groups in total. The summed E-state index contributed by atoms with van der Waals surface area (Å²) in [6.45, 7) is 8.35.